The van der Waals surface area contributed by atoms with Crippen LogP contribution in [0.15, 0.2) is 34.8 Å². The zero-order valence-corrected chi connectivity index (χ0v) is 20.9. The van der Waals surface area contributed by atoms with Gasteiger partial charge >= 0.3 is 11.9 Å². The molecule has 35 heavy (non-hydrogen) atoms. The third kappa shape index (κ3) is 5.17. The van der Waals surface area contributed by atoms with Crippen LogP contribution in [0, 0.1) is 13.8 Å². The summed E-state index contributed by atoms with van der Waals surface area (Å²) >= 11 is 2.70. The minimum Gasteiger partial charge on any atom is -0.477 e. The molecule has 184 valence electrons. The van der Waals surface area contributed by atoms with Crippen LogP contribution in [0.5, 0.6) is 0 Å². The summed E-state index contributed by atoms with van der Waals surface area (Å²) in [5.41, 5.74) is 3.87. The Bertz CT molecular complexity index is 1220. The monoisotopic (exact) mass is 516 g/mol. The van der Waals surface area contributed by atoms with Crippen LogP contribution < -0.4 is 10.6 Å². The number of benzene rings is 1. The standard InChI is InChI=1S/C23H24N4O6S2/c1-11-5-4-6-12(2)17(11)26-23-24-15(10-35-23)7-16(29)25-18-20(30)27-19(22(31)32)14(8-33-13(3)28)9-34-21(18)27/h4-6,10,18,21H,7-9H2,1-3H3,(H,24,26)(H,25,29)(H,31,32)/t18?,21-/m1/s1. The molecule has 1 saturated heterocycles. The normalized spacial score (nSPS) is 19.1. The summed E-state index contributed by atoms with van der Waals surface area (Å²) in [6.45, 7) is 5.04. The highest BCUT2D eigenvalue weighted by atomic mass is 32.2. The quantitative estimate of drug-likeness (QED) is 0.356. The number of esters is 1. The van der Waals surface area contributed by atoms with Gasteiger partial charge in [0.15, 0.2) is 5.13 Å². The number of carbonyl (C=O) groups is 4. The van der Waals surface area contributed by atoms with E-state index in [0.717, 1.165) is 21.7 Å². The molecule has 2 aliphatic heterocycles. The Morgan fingerprint density at radius 3 is 2.63 bits per heavy atom. The smallest absolute Gasteiger partial charge is 0.352 e. The highest BCUT2D eigenvalue weighted by Crippen LogP contribution is 2.40. The van der Waals surface area contributed by atoms with E-state index in [1.165, 1.54) is 30.0 Å². The Morgan fingerprint density at radius 1 is 1.26 bits per heavy atom. The van der Waals surface area contributed by atoms with E-state index in [4.69, 9.17) is 4.74 Å². The number of thioether (sulfide) groups is 1. The van der Waals surface area contributed by atoms with Gasteiger partial charge in [0.05, 0.1) is 12.1 Å². The van der Waals surface area contributed by atoms with Gasteiger partial charge in [-0.05, 0) is 25.0 Å². The molecule has 4 rings (SSSR count). The van der Waals surface area contributed by atoms with E-state index >= 15 is 0 Å². The molecule has 3 N–H and O–H groups in total. The second-order valence-electron chi connectivity index (χ2n) is 8.21. The first-order chi connectivity index (χ1) is 16.7. The number of fused-ring (bicyclic) bond motifs is 1. The van der Waals surface area contributed by atoms with Crippen LogP contribution in [-0.4, -0.2) is 62.5 Å². The molecule has 2 atom stereocenters. The second-order valence-corrected chi connectivity index (χ2v) is 10.2. The van der Waals surface area contributed by atoms with Crippen LogP contribution in [0.4, 0.5) is 10.8 Å². The number of rotatable bonds is 8. The number of amides is 2. The van der Waals surface area contributed by atoms with Gasteiger partial charge in [0.2, 0.25) is 5.91 Å². The number of nitrogens with one attached hydrogen (secondary N) is 2. The number of β-lactam (4-membered cyclic amide) rings is 1. The number of thiazole rings is 1. The molecule has 1 aromatic carbocycles. The number of para-hydroxylation sites is 1. The topological polar surface area (TPSA) is 138 Å². The molecule has 0 spiro atoms. The van der Waals surface area contributed by atoms with Crippen molar-refractivity contribution < 1.29 is 29.0 Å². The Labute approximate surface area is 209 Å². The van der Waals surface area contributed by atoms with Gasteiger partial charge in [0, 0.05) is 29.3 Å². The molecule has 2 aliphatic rings. The first-order valence-electron chi connectivity index (χ1n) is 10.8. The van der Waals surface area contributed by atoms with Crippen LogP contribution in [0.1, 0.15) is 23.7 Å². The zero-order valence-electron chi connectivity index (χ0n) is 19.3. The summed E-state index contributed by atoms with van der Waals surface area (Å²) in [5.74, 6) is -2.43. The third-order valence-electron chi connectivity index (χ3n) is 5.62. The molecule has 10 nitrogen and oxygen atoms in total. The van der Waals surface area contributed by atoms with E-state index in [1.54, 1.807) is 5.38 Å². The fourth-order valence-corrected chi connectivity index (χ4v) is 5.98. The summed E-state index contributed by atoms with van der Waals surface area (Å²) < 4.78 is 4.92. The van der Waals surface area contributed by atoms with Crippen LogP contribution in [0.25, 0.3) is 0 Å². The second kappa shape index (κ2) is 10.1. The van der Waals surface area contributed by atoms with Crippen molar-refractivity contribution in [3.63, 3.8) is 0 Å². The van der Waals surface area contributed by atoms with Crippen LogP contribution in [0.3, 0.4) is 0 Å². The average molecular weight is 517 g/mol. The lowest BCUT2D eigenvalue weighted by Crippen LogP contribution is -2.70. The Balaban J connectivity index is 1.38. The number of carboxylic acids is 1. The summed E-state index contributed by atoms with van der Waals surface area (Å²) in [4.78, 5) is 53.9. The molecular weight excluding hydrogens is 492 g/mol. The van der Waals surface area contributed by atoms with Crippen LogP contribution in [-0.2, 0) is 30.3 Å². The highest BCUT2D eigenvalue weighted by Gasteiger charge is 2.54. The molecule has 1 unspecified atom stereocenters. The minimum absolute atomic E-state index is 0.00850. The number of anilines is 2. The zero-order chi connectivity index (χ0) is 25.3. The van der Waals surface area contributed by atoms with E-state index in [1.807, 2.05) is 32.0 Å². The summed E-state index contributed by atoms with van der Waals surface area (Å²) in [7, 11) is 0. The number of hydrogen-bond acceptors (Lipinski definition) is 9. The summed E-state index contributed by atoms with van der Waals surface area (Å²) in [6, 6.07) is 5.16. The molecule has 0 saturated carbocycles. The van der Waals surface area contributed by atoms with Crippen LogP contribution in [0.2, 0.25) is 0 Å². The van der Waals surface area contributed by atoms with E-state index < -0.39 is 29.3 Å². The van der Waals surface area contributed by atoms with Crippen molar-refractivity contribution in [2.24, 2.45) is 0 Å². The van der Waals surface area contributed by atoms with Gasteiger partial charge in [-0.15, -0.1) is 23.1 Å². The molecule has 3 heterocycles. The summed E-state index contributed by atoms with van der Waals surface area (Å²) in [5, 5.41) is 17.5. The molecule has 1 aromatic heterocycles. The van der Waals surface area contributed by atoms with Crippen molar-refractivity contribution in [1.29, 1.82) is 0 Å². The first kappa shape index (κ1) is 24.7. The van der Waals surface area contributed by atoms with Gasteiger partial charge in [-0.1, -0.05) is 18.2 Å². The number of carbonyl (C=O) groups excluding carboxylic acids is 3. The van der Waals surface area contributed by atoms with E-state index in [9.17, 15) is 24.3 Å². The fraction of sp³-hybridized carbons (Fsp3) is 0.348. The van der Waals surface area contributed by atoms with E-state index in [-0.39, 0.29) is 30.4 Å². The molecule has 0 aliphatic carbocycles. The maximum Gasteiger partial charge on any atom is 0.352 e. The number of nitrogens with zero attached hydrogens (tertiary/aromatic N) is 2. The van der Waals surface area contributed by atoms with Gasteiger partial charge in [-0.3, -0.25) is 19.3 Å². The average Bonchev–Trinajstić information content (AvgIpc) is 3.24. The molecule has 2 amide bonds. The third-order valence-corrected chi connectivity index (χ3v) is 7.77. The van der Waals surface area contributed by atoms with Gasteiger partial charge in [0.25, 0.3) is 5.91 Å². The van der Waals surface area contributed by atoms with Crippen molar-refractivity contribution in [1.82, 2.24) is 15.2 Å². The lowest BCUT2D eigenvalue weighted by molar-refractivity contribution is -0.151. The molecular formula is C23H24N4O6S2. The molecule has 2 aromatic rings. The number of hydrogen-bond donors (Lipinski definition) is 3. The van der Waals surface area contributed by atoms with Gasteiger partial charge in [-0.2, -0.15) is 0 Å². The van der Waals surface area contributed by atoms with Gasteiger partial charge < -0.3 is 20.5 Å². The van der Waals surface area contributed by atoms with Crippen molar-refractivity contribution in [3.8, 4) is 0 Å². The van der Waals surface area contributed by atoms with E-state index in [0.29, 0.717) is 16.4 Å². The van der Waals surface area contributed by atoms with Crippen molar-refractivity contribution >= 4 is 57.7 Å². The number of aliphatic carboxylic acids is 1. The van der Waals surface area contributed by atoms with Gasteiger partial charge in [0.1, 0.15) is 23.7 Å². The molecule has 0 bridgehead atoms. The predicted octanol–water partition coefficient (Wildman–Crippen LogP) is 2.35. The number of ether oxygens (including phenoxy) is 1. The summed E-state index contributed by atoms with van der Waals surface area (Å²) in [6.07, 6.45) is -0.00850. The molecule has 0 radical (unpaired) electrons. The maximum absolute atomic E-state index is 12.7. The highest BCUT2D eigenvalue weighted by molar-refractivity contribution is 8.00. The maximum atomic E-state index is 12.7. The fourth-order valence-electron chi connectivity index (χ4n) is 3.94. The first-order valence-corrected chi connectivity index (χ1v) is 12.7. The van der Waals surface area contributed by atoms with Crippen molar-refractivity contribution in [3.05, 3.63) is 51.7 Å². The van der Waals surface area contributed by atoms with Crippen molar-refractivity contribution in [2.45, 2.75) is 38.6 Å². The lowest BCUT2D eigenvalue weighted by atomic mass is 10.0. The molecule has 1 fully saturated rings. The van der Waals surface area contributed by atoms with Gasteiger partial charge in [-0.25, -0.2) is 9.78 Å². The van der Waals surface area contributed by atoms with Crippen LogP contribution >= 0.6 is 23.1 Å². The number of carboxylic acid groups (broad SMARTS) is 1. The Kier molecular flexibility index (Phi) is 7.13. The minimum atomic E-state index is -1.28. The number of aryl methyl sites for hydroxylation is 2. The predicted molar refractivity (Wildman–Crippen MR) is 131 cm³/mol. The SMILES string of the molecule is CC(=O)OCC1=C(C(=O)O)N2C(=O)C(NC(=O)Cc3csc(Nc4c(C)cccc4C)n3)[C@H]2SC1. The lowest BCUT2D eigenvalue weighted by Gasteiger charge is -2.49. The Hall–Kier alpha value is -3.38. The number of aromatic nitrogens is 1. The van der Waals surface area contributed by atoms with Crippen molar-refractivity contribution in [2.75, 3.05) is 17.7 Å². The largest absolute Gasteiger partial charge is 0.477 e. The molecule has 12 heteroatoms. The van der Waals surface area contributed by atoms with E-state index in [2.05, 4.69) is 15.6 Å². The Morgan fingerprint density at radius 2 is 1.97 bits per heavy atom.